The van der Waals surface area contributed by atoms with Crippen LogP contribution in [0, 0.1) is 6.92 Å². The van der Waals surface area contributed by atoms with Crippen molar-refractivity contribution >= 4 is 0 Å². The van der Waals surface area contributed by atoms with E-state index < -0.39 is 0 Å². The monoisotopic (exact) mass is 207 g/mol. The molecule has 2 heteroatoms. The predicted octanol–water partition coefficient (Wildman–Crippen LogP) is 2.29. The molecule has 15 heavy (non-hydrogen) atoms. The first-order chi connectivity index (χ1) is 7.11. The maximum atomic E-state index is 6.05. The summed E-state index contributed by atoms with van der Waals surface area (Å²) in [5.41, 5.74) is 8.65. The fraction of sp³-hybridized carbons (Fsp3) is 0.538. The van der Waals surface area contributed by atoms with Gasteiger partial charge in [0.05, 0.1) is 6.10 Å². The van der Waals surface area contributed by atoms with Gasteiger partial charge in [-0.2, -0.15) is 0 Å². The molecule has 0 aliphatic carbocycles. The summed E-state index contributed by atoms with van der Waals surface area (Å²) in [7, 11) is 1.73. The fourth-order valence-corrected chi connectivity index (χ4v) is 1.75. The SMILES string of the molecule is COC(C)CC(N)Cc1cccc(C)c1. The minimum atomic E-state index is 0.182. The van der Waals surface area contributed by atoms with Crippen LogP contribution in [0.2, 0.25) is 0 Å². The lowest BCUT2D eigenvalue weighted by atomic mass is 10.0. The summed E-state index contributed by atoms with van der Waals surface area (Å²) in [6.07, 6.45) is 2.07. The van der Waals surface area contributed by atoms with E-state index in [1.54, 1.807) is 7.11 Å². The molecule has 0 saturated heterocycles. The summed E-state index contributed by atoms with van der Waals surface area (Å²) in [4.78, 5) is 0. The maximum absolute atomic E-state index is 6.05. The Bertz CT molecular complexity index is 298. The molecule has 1 aromatic carbocycles. The molecule has 0 aliphatic rings. The summed E-state index contributed by atoms with van der Waals surface area (Å²) >= 11 is 0. The molecule has 0 saturated carbocycles. The molecule has 0 radical (unpaired) electrons. The van der Waals surface area contributed by atoms with Crippen LogP contribution in [0.15, 0.2) is 24.3 Å². The van der Waals surface area contributed by atoms with Crippen molar-refractivity contribution in [1.29, 1.82) is 0 Å². The molecule has 0 amide bonds. The average molecular weight is 207 g/mol. The van der Waals surface area contributed by atoms with Gasteiger partial charge >= 0.3 is 0 Å². The number of hydrogen-bond acceptors (Lipinski definition) is 2. The van der Waals surface area contributed by atoms with Crippen LogP contribution in [-0.2, 0) is 11.2 Å². The summed E-state index contributed by atoms with van der Waals surface area (Å²) < 4.78 is 5.20. The molecule has 0 fully saturated rings. The second-order valence-corrected chi connectivity index (χ2v) is 4.24. The highest BCUT2D eigenvalue weighted by Gasteiger charge is 2.08. The predicted molar refractivity (Wildman–Crippen MR) is 63.9 cm³/mol. The van der Waals surface area contributed by atoms with E-state index in [9.17, 15) is 0 Å². The smallest absolute Gasteiger partial charge is 0.0558 e. The van der Waals surface area contributed by atoms with E-state index in [1.165, 1.54) is 11.1 Å². The van der Waals surface area contributed by atoms with Crippen LogP contribution in [0.3, 0.4) is 0 Å². The van der Waals surface area contributed by atoms with Gasteiger partial charge in [-0.1, -0.05) is 29.8 Å². The first-order valence-electron chi connectivity index (χ1n) is 5.45. The van der Waals surface area contributed by atoms with Gasteiger partial charge in [-0.05, 0) is 32.3 Å². The lowest BCUT2D eigenvalue weighted by Gasteiger charge is -2.16. The standard InChI is InChI=1S/C13H21NO/c1-10-5-4-6-12(7-10)9-13(14)8-11(2)15-3/h4-7,11,13H,8-9,14H2,1-3H3. The van der Waals surface area contributed by atoms with E-state index in [0.29, 0.717) is 0 Å². The van der Waals surface area contributed by atoms with Crippen LogP contribution in [0.25, 0.3) is 0 Å². The Hall–Kier alpha value is -0.860. The van der Waals surface area contributed by atoms with Crippen LogP contribution in [0.4, 0.5) is 0 Å². The molecule has 84 valence electrons. The highest BCUT2D eigenvalue weighted by Crippen LogP contribution is 2.09. The van der Waals surface area contributed by atoms with Crippen LogP contribution < -0.4 is 5.73 Å². The third-order valence-electron chi connectivity index (χ3n) is 2.62. The van der Waals surface area contributed by atoms with E-state index in [0.717, 1.165) is 12.8 Å². The first-order valence-corrected chi connectivity index (χ1v) is 5.45. The Morgan fingerprint density at radius 3 is 2.73 bits per heavy atom. The van der Waals surface area contributed by atoms with E-state index in [4.69, 9.17) is 10.5 Å². The highest BCUT2D eigenvalue weighted by molar-refractivity contribution is 5.22. The number of hydrogen-bond donors (Lipinski definition) is 1. The van der Waals surface area contributed by atoms with E-state index in [1.807, 2.05) is 0 Å². The molecular weight excluding hydrogens is 186 g/mol. The molecule has 1 aromatic rings. The second-order valence-electron chi connectivity index (χ2n) is 4.24. The summed E-state index contributed by atoms with van der Waals surface area (Å²) in [6.45, 7) is 4.16. The van der Waals surface area contributed by atoms with Crippen molar-refractivity contribution in [2.75, 3.05) is 7.11 Å². The molecule has 2 atom stereocenters. The van der Waals surface area contributed by atoms with Crippen LogP contribution in [0.1, 0.15) is 24.5 Å². The lowest BCUT2D eigenvalue weighted by Crippen LogP contribution is -2.27. The molecule has 0 heterocycles. The van der Waals surface area contributed by atoms with Gasteiger partial charge < -0.3 is 10.5 Å². The van der Waals surface area contributed by atoms with Gasteiger partial charge in [0.15, 0.2) is 0 Å². The molecule has 0 bridgehead atoms. The van der Waals surface area contributed by atoms with Crippen molar-refractivity contribution in [2.24, 2.45) is 5.73 Å². The van der Waals surface area contributed by atoms with Crippen molar-refractivity contribution < 1.29 is 4.74 Å². The van der Waals surface area contributed by atoms with Gasteiger partial charge in [-0.15, -0.1) is 0 Å². The maximum Gasteiger partial charge on any atom is 0.0558 e. The van der Waals surface area contributed by atoms with Gasteiger partial charge in [0, 0.05) is 13.2 Å². The largest absolute Gasteiger partial charge is 0.382 e. The minimum Gasteiger partial charge on any atom is -0.382 e. The summed E-state index contributed by atoms with van der Waals surface area (Å²) in [5, 5.41) is 0. The van der Waals surface area contributed by atoms with E-state index in [2.05, 4.69) is 38.1 Å². The Kier molecular flexibility index (Phi) is 4.79. The van der Waals surface area contributed by atoms with Crippen molar-refractivity contribution in [1.82, 2.24) is 0 Å². The quantitative estimate of drug-likeness (QED) is 0.804. The molecule has 0 aromatic heterocycles. The van der Waals surface area contributed by atoms with Gasteiger partial charge in [-0.25, -0.2) is 0 Å². The number of ether oxygens (including phenoxy) is 1. The number of aryl methyl sites for hydroxylation is 1. The molecule has 0 spiro atoms. The van der Waals surface area contributed by atoms with Crippen LogP contribution >= 0.6 is 0 Å². The Balaban J connectivity index is 2.47. The number of rotatable bonds is 5. The molecular formula is C13H21NO. The lowest BCUT2D eigenvalue weighted by molar-refractivity contribution is 0.104. The normalized spacial score (nSPS) is 14.9. The topological polar surface area (TPSA) is 35.2 Å². The Morgan fingerprint density at radius 1 is 1.40 bits per heavy atom. The summed E-state index contributed by atoms with van der Waals surface area (Å²) in [5.74, 6) is 0. The second kappa shape index (κ2) is 5.89. The van der Waals surface area contributed by atoms with Crippen molar-refractivity contribution in [3.63, 3.8) is 0 Å². The minimum absolute atomic E-state index is 0.182. The van der Waals surface area contributed by atoms with Crippen LogP contribution in [-0.4, -0.2) is 19.3 Å². The number of nitrogens with two attached hydrogens (primary N) is 1. The van der Waals surface area contributed by atoms with Crippen molar-refractivity contribution in [2.45, 2.75) is 38.8 Å². The molecule has 2 unspecified atom stereocenters. The zero-order valence-corrected chi connectivity index (χ0v) is 9.86. The molecule has 2 nitrogen and oxygen atoms in total. The zero-order valence-electron chi connectivity index (χ0n) is 9.86. The van der Waals surface area contributed by atoms with Crippen molar-refractivity contribution in [3.8, 4) is 0 Å². The van der Waals surface area contributed by atoms with Gasteiger partial charge in [0.1, 0.15) is 0 Å². The highest BCUT2D eigenvalue weighted by atomic mass is 16.5. The average Bonchev–Trinajstić information content (AvgIpc) is 2.17. The zero-order chi connectivity index (χ0) is 11.3. The van der Waals surface area contributed by atoms with E-state index in [-0.39, 0.29) is 12.1 Å². The molecule has 2 N–H and O–H groups in total. The third-order valence-corrected chi connectivity index (χ3v) is 2.62. The van der Waals surface area contributed by atoms with Gasteiger partial charge in [-0.3, -0.25) is 0 Å². The third kappa shape index (κ3) is 4.45. The van der Waals surface area contributed by atoms with Crippen molar-refractivity contribution in [3.05, 3.63) is 35.4 Å². The molecule has 1 rings (SSSR count). The first kappa shape index (κ1) is 12.2. The van der Waals surface area contributed by atoms with Crippen LogP contribution in [0.5, 0.6) is 0 Å². The van der Waals surface area contributed by atoms with E-state index >= 15 is 0 Å². The van der Waals surface area contributed by atoms with Gasteiger partial charge in [0.2, 0.25) is 0 Å². The Morgan fingerprint density at radius 2 is 2.13 bits per heavy atom. The number of methoxy groups -OCH3 is 1. The number of benzene rings is 1. The molecule has 0 aliphatic heterocycles. The van der Waals surface area contributed by atoms with Gasteiger partial charge in [0.25, 0.3) is 0 Å². The fourth-order valence-electron chi connectivity index (χ4n) is 1.75. The summed E-state index contributed by atoms with van der Waals surface area (Å²) in [6, 6.07) is 8.69. The Labute approximate surface area is 92.4 Å².